The van der Waals surface area contributed by atoms with Crippen molar-refractivity contribution < 1.29 is 4.74 Å². The lowest BCUT2D eigenvalue weighted by Gasteiger charge is -2.24. The van der Waals surface area contributed by atoms with Gasteiger partial charge in [0.2, 0.25) is 0 Å². The third-order valence-corrected chi connectivity index (χ3v) is 5.51. The molecule has 0 saturated heterocycles. The second-order valence-electron chi connectivity index (χ2n) is 5.79. The summed E-state index contributed by atoms with van der Waals surface area (Å²) in [6.07, 6.45) is 6.50. The van der Waals surface area contributed by atoms with E-state index in [1.807, 2.05) is 0 Å². The molecule has 0 radical (unpaired) electrons. The minimum atomic E-state index is -0.943. The standard InChI is InChI=1S/C13H23BrOSi/c1-11-6-5-7-13(14)12(11)10-15-8-9-16(2,3)4/h5-7,11-12H,8-10H2,1-4H3. The Morgan fingerprint density at radius 3 is 2.62 bits per heavy atom. The van der Waals surface area contributed by atoms with Gasteiger partial charge in [-0.05, 0) is 12.0 Å². The van der Waals surface area contributed by atoms with E-state index >= 15 is 0 Å². The van der Waals surface area contributed by atoms with Gasteiger partial charge in [0.15, 0.2) is 0 Å². The molecule has 1 nitrogen and oxygen atoms in total. The molecule has 2 unspecified atom stereocenters. The van der Waals surface area contributed by atoms with Crippen molar-refractivity contribution in [2.75, 3.05) is 13.2 Å². The van der Waals surface area contributed by atoms with Gasteiger partial charge in [0.1, 0.15) is 0 Å². The average Bonchev–Trinajstić information content (AvgIpc) is 2.14. The summed E-state index contributed by atoms with van der Waals surface area (Å²) in [5, 5.41) is 0. The third-order valence-electron chi connectivity index (χ3n) is 2.95. The smallest absolute Gasteiger partial charge is 0.0545 e. The second-order valence-corrected chi connectivity index (χ2v) is 12.3. The molecule has 0 aromatic heterocycles. The van der Waals surface area contributed by atoms with E-state index in [0.29, 0.717) is 11.8 Å². The van der Waals surface area contributed by atoms with Crippen LogP contribution in [0, 0.1) is 11.8 Å². The van der Waals surface area contributed by atoms with E-state index in [1.54, 1.807) is 0 Å². The van der Waals surface area contributed by atoms with Crippen LogP contribution in [0.2, 0.25) is 25.7 Å². The summed E-state index contributed by atoms with van der Waals surface area (Å²) in [4.78, 5) is 0. The van der Waals surface area contributed by atoms with Crippen molar-refractivity contribution >= 4 is 24.0 Å². The lowest BCUT2D eigenvalue weighted by Crippen LogP contribution is -2.24. The Morgan fingerprint density at radius 2 is 2.06 bits per heavy atom. The normalized spacial score (nSPS) is 25.7. The van der Waals surface area contributed by atoms with Crippen LogP contribution in [0.4, 0.5) is 0 Å². The van der Waals surface area contributed by atoms with Gasteiger partial charge in [-0.2, -0.15) is 0 Å². The fraction of sp³-hybridized carbons (Fsp3) is 0.692. The van der Waals surface area contributed by atoms with E-state index in [9.17, 15) is 0 Å². The molecule has 0 bridgehead atoms. The monoisotopic (exact) mass is 302 g/mol. The molecule has 0 aromatic carbocycles. The fourth-order valence-electron chi connectivity index (χ4n) is 1.65. The lowest BCUT2D eigenvalue weighted by molar-refractivity contribution is 0.112. The average molecular weight is 303 g/mol. The maximum Gasteiger partial charge on any atom is 0.0545 e. The SMILES string of the molecule is CC1C=CC=C(Br)C1COCC[Si](C)(C)C. The quantitative estimate of drug-likeness (QED) is 0.539. The summed E-state index contributed by atoms with van der Waals surface area (Å²) in [7, 11) is -0.943. The highest BCUT2D eigenvalue weighted by molar-refractivity contribution is 9.11. The third kappa shape index (κ3) is 4.98. The molecule has 0 heterocycles. The molecule has 0 amide bonds. The zero-order valence-electron chi connectivity index (χ0n) is 10.8. The van der Waals surface area contributed by atoms with Crippen LogP contribution in [0.3, 0.4) is 0 Å². The molecule has 0 fully saturated rings. The minimum absolute atomic E-state index is 0.506. The van der Waals surface area contributed by atoms with Gasteiger partial charge in [-0.15, -0.1) is 0 Å². The topological polar surface area (TPSA) is 9.23 Å². The van der Waals surface area contributed by atoms with Gasteiger partial charge >= 0.3 is 0 Å². The Balaban J connectivity index is 2.28. The van der Waals surface area contributed by atoms with Crippen LogP contribution >= 0.6 is 15.9 Å². The largest absolute Gasteiger partial charge is 0.381 e. The maximum atomic E-state index is 5.82. The van der Waals surface area contributed by atoms with Crippen LogP contribution in [-0.2, 0) is 4.74 Å². The van der Waals surface area contributed by atoms with Crippen molar-refractivity contribution in [1.29, 1.82) is 0 Å². The first-order valence-electron chi connectivity index (χ1n) is 6.02. The first kappa shape index (κ1) is 14.2. The minimum Gasteiger partial charge on any atom is -0.381 e. The van der Waals surface area contributed by atoms with E-state index in [-0.39, 0.29) is 0 Å². The molecule has 3 heteroatoms. The molecule has 1 aliphatic carbocycles. The van der Waals surface area contributed by atoms with Crippen molar-refractivity contribution in [2.24, 2.45) is 11.8 Å². The number of hydrogen-bond acceptors (Lipinski definition) is 1. The van der Waals surface area contributed by atoms with Crippen LogP contribution in [0.25, 0.3) is 0 Å². The van der Waals surface area contributed by atoms with Gasteiger partial charge in [-0.25, -0.2) is 0 Å². The molecule has 0 saturated carbocycles. The van der Waals surface area contributed by atoms with Crippen LogP contribution in [0.5, 0.6) is 0 Å². The molecule has 0 N–H and O–H groups in total. The summed E-state index contributed by atoms with van der Waals surface area (Å²) in [6.45, 7) is 11.2. The van der Waals surface area contributed by atoms with Crippen molar-refractivity contribution in [3.05, 3.63) is 22.7 Å². The predicted molar refractivity (Wildman–Crippen MR) is 77.8 cm³/mol. The number of rotatable bonds is 5. The Kier molecular flexibility index (Phi) is 5.48. The van der Waals surface area contributed by atoms with E-state index in [0.717, 1.165) is 13.2 Å². The molecule has 2 atom stereocenters. The van der Waals surface area contributed by atoms with E-state index in [4.69, 9.17) is 4.74 Å². The number of allylic oxidation sites excluding steroid dienone is 3. The van der Waals surface area contributed by atoms with E-state index < -0.39 is 8.07 Å². The molecule has 1 aliphatic rings. The Labute approximate surface area is 109 Å². The van der Waals surface area contributed by atoms with E-state index in [1.165, 1.54) is 10.5 Å². The van der Waals surface area contributed by atoms with Crippen LogP contribution < -0.4 is 0 Å². The first-order chi connectivity index (χ1) is 7.40. The zero-order valence-corrected chi connectivity index (χ0v) is 13.4. The molecule has 0 aliphatic heterocycles. The van der Waals surface area contributed by atoms with Gasteiger partial charge in [-0.3, -0.25) is 0 Å². The number of hydrogen-bond donors (Lipinski definition) is 0. The van der Waals surface area contributed by atoms with Crippen LogP contribution in [0.1, 0.15) is 6.92 Å². The highest BCUT2D eigenvalue weighted by atomic mass is 79.9. The molecule has 0 spiro atoms. The summed E-state index contributed by atoms with van der Waals surface area (Å²) in [5.41, 5.74) is 0. The fourth-order valence-corrected chi connectivity index (χ4v) is 3.11. The highest BCUT2D eigenvalue weighted by Gasteiger charge is 2.21. The lowest BCUT2D eigenvalue weighted by atomic mass is 9.91. The van der Waals surface area contributed by atoms with Gasteiger partial charge in [-0.1, -0.05) is 60.7 Å². The molecular weight excluding hydrogens is 280 g/mol. The number of ether oxygens (including phenoxy) is 1. The highest BCUT2D eigenvalue weighted by Crippen LogP contribution is 2.30. The van der Waals surface area contributed by atoms with Gasteiger partial charge in [0, 0.05) is 25.1 Å². The van der Waals surface area contributed by atoms with Crippen LogP contribution in [-0.4, -0.2) is 21.3 Å². The van der Waals surface area contributed by atoms with E-state index in [2.05, 4.69) is 60.7 Å². The van der Waals surface area contributed by atoms with Crippen molar-refractivity contribution in [3.63, 3.8) is 0 Å². The number of halogens is 1. The molecule has 16 heavy (non-hydrogen) atoms. The van der Waals surface area contributed by atoms with Gasteiger partial charge in [0.05, 0.1) is 6.61 Å². The summed E-state index contributed by atoms with van der Waals surface area (Å²) >= 11 is 3.63. The maximum absolute atomic E-state index is 5.82. The summed E-state index contributed by atoms with van der Waals surface area (Å²) in [5.74, 6) is 1.08. The molecule has 92 valence electrons. The zero-order chi connectivity index (χ0) is 12.2. The van der Waals surface area contributed by atoms with Crippen molar-refractivity contribution in [2.45, 2.75) is 32.6 Å². The summed E-state index contributed by atoms with van der Waals surface area (Å²) in [6, 6.07) is 1.26. The summed E-state index contributed by atoms with van der Waals surface area (Å²) < 4.78 is 7.09. The van der Waals surface area contributed by atoms with Crippen molar-refractivity contribution in [3.8, 4) is 0 Å². The first-order valence-corrected chi connectivity index (χ1v) is 10.5. The van der Waals surface area contributed by atoms with Crippen LogP contribution in [0.15, 0.2) is 22.7 Å². The Hall–Kier alpha value is 0.137. The Morgan fingerprint density at radius 1 is 1.38 bits per heavy atom. The van der Waals surface area contributed by atoms with Gasteiger partial charge < -0.3 is 4.74 Å². The molecule has 0 aromatic rings. The Bertz CT molecular complexity index is 278. The van der Waals surface area contributed by atoms with Crippen molar-refractivity contribution in [1.82, 2.24) is 0 Å². The second kappa shape index (κ2) is 6.17. The van der Waals surface area contributed by atoms with Gasteiger partial charge in [0.25, 0.3) is 0 Å². The predicted octanol–water partition coefficient (Wildman–Crippen LogP) is 4.44. The molecular formula is C13H23BrOSi. The molecule has 1 rings (SSSR count).